The topological polar surface area (TPSA) is 28.7 Å². The van der Waals surface area contributed by atoms with Crippen LogP contribution in [0.2, 0.25) is 5.02 Å². The highest BCUT2D eigenvalue weighted by atomic mass is 35.5. The number of pyridine rings is 1. The van der Waals surface area contributed by atoms with Crippen molar-refractivity contribution in [2.45, 2.75) is 13.3 Å². The first-order valence-corrected chi connectivity index (χ1v) is 7.80. The lowest BCUT2D eigenvalue weighted by Crippen LogP contribution is -1.92. The van der Waals surface area contributed by atoms with Crippen LogP contribution in [0, 0.1) is 0 Å². The highest BCUT2D eigenvalue weighted by Gasteiger charge is 2.13. The van der Waals surface area contributed by atoms with Crippen LogP contribution in [0.25, 0.3) is 33.1 Å². The Morgan fingerprint density at radius 2 is 1.82 bits per heavy atom. The molecule has 0 aliphatic heterocycles. The molecule has 0 radical (unpaired) electrons. The molecule has 0 amide bonds. The van der Waals surface area contributed by atoms with Crippen molar-refractivity contribution in [2.75, 3.05) is 0 Å². The van der Waals surface area contributed by atoms with Gasteiger partial charge in [0.15, 0.2) is 0 Å². The van der Waals surface area contributed by atoms with Crippen LogP contribution in [0.15, 0.2) is 54.6 Å². The van der Waals surface area contributed by atoms with E-state index in [4.69, 9.17) is 16.6 Å². The molecule has 0 aliphatic rings. The first-order valence-electron chi connectivity index (χ1n) is 7.42. The summed E-state index contributed by atoms with van der Waals surface area (Å²) >= 11 is 6.18. The van der Waals surface area contributed by atoms with E-state index in [9.17, 15) is 0 Å². The Bertz CT molecular complexity index is 971. The van der Waals surface area contributed by atoms with Crippen LogP contribution >= 0.6 is 11.6 Å². The maximum Gasteiger partial charge on any atom is 0.0946 e. The molecule has 0 spiro atoms. The van der Waals surface area contributed by atoms with Gasteiger partial charge in [0, 0.05) is 32.6 Å². The van der Waals surface area contributed by atoms with E-state index in [0.29, 0.717) is 0 Å². The minimum Gasteiger partial charge on any atom is -0.353 e. The third-order valence-corrected chi connectivity index (χ3v) is 4.25. The first-order chi connectivity index (χ1) is 10.8. The van der Waals surface area contributed by atoms with Crippen molar-refractivity contribution in [1.82, 2.24) is 9.97 Å². The average molecular weight is 307 g/mol. The molecule has 0 bridgehead atoms. The van der Waals surface area contributed by atoms with Crippen molar-refractivity contribution < 1.29 is 0 Å². The Kier molecular flexibility index (Phi) is 3.12. The molecule has 0 fully saturated rings. The van der Waals surface area contributed by atoms with Crippen LogP contribution in [0.4, 0.5) is 0 Å². The lowest BCUT2D eigenvalue weighted by molar-refractivity contribution is 1.05. The van der Waals surface area contributed by atoms with E-state index in [2.05, 4.69) is 30.1 Å². The summed E-state index contributed by atoms with van der Waals surface area (Å²) in [6.45, 7) is 2.13. The Morgan fingerprint density at radius 3 is 2.59 bits per heavy atom. The summed E-state index contributed by atoms with van der Waals surface area (Å²) in [5, 5.41) is 3.09. The molecule has 0 saturated carbocycles. The first kappa shape index (κ1) is 13.4. The van der Waals surface area contributed by atoms with Gasteiger partial charge in [-0.1, -0.05) is 48.9 Å². The van der Waals surface area contributed by atoms with Crippen LogP contribution in [0.3, 0.4) is 0 Å². The van der Waals surface area contributed by atoms with Crippen molar-refractivity contribution >= 4 is 33.4 Å². The largest absolute Gasteiger partial charge is 0.353 e. The van der Waals surface area contributed by atoms with Gasteiger partial charge in [-0.3, -0.25) is 4.98 Å². The number of aromatic amines is 1. The molecule has 108 valence electrons. The van der Waals surface area contributed by atoms with Gasteiger partial charge in [-0.05, 0) is 30.7 Å². The highest BCUT2D eigenvalue weighted by molar-refractivity contribution is 6.32. The van der Waals surface area contributed by atoms with E-state index in [0.717, 1.165) is 44.8 Å². The zero-order valence-electron chi connectivity index (χ0n) is 12.2. The number of rotatable bonds is 2. The van der Waals surface area contributed by atoms with Crippen molar-refractivity contribution in [3.63, 3.8) is 0 Å². The van der Waals surface area contributed by atoms with Crippen molar-refractivity contribution in [3.05, 3.63) is 65.3 Å². The molecule has 2 heterocycles. The summed E-state index contributed by atoms with van der Waals surface area (Å²) in [7, 11) is 0. The monoisotopic (exact) mass is 306 g/mol. The molecule has 1 N–H and O–H groups in total. The van der Waals surface area contributed by atoms with Crippen LogP contribution in [-0.4, -0.2) is 9.97 Å². The van der Waals surface area contributed by atoms with E-state index in [1.807, 2.05) is 36.4 Å². The Hall–Kier alpha value is -2.32. The van der Waals surface area contributed by atoms with Gasteiger partial charge in [0.05, 0.1) is 11.2 Å². The van der Waals surface area contributed by atoms with Gasteiger partial charge in [0.2, 0.25) is 0 Å². The molecule has 2 aromatic heterocycles. The van der Waals surface area contributed by atoms with Crippen LogP contribution < -0.4 is 0 Å². The fourth-order valence-corrected chi connectivity index (χ4v) is 3.08. The summed E-state index contributed by atoms with van der Waals surface area (Å²) in [5.74, 6) is 0. The lowest BCUT2D eigenvalue weighted by Gasteiger charge is -2.06. The highest BCUT2D eigenvalue weighted by Crippen LogP contribution is 2.33. The fraction of sp³-hybridized carbons (Fsp3) is 0.105. The van der Waals surface area contributed by atoms with Crippen molar-refractivity contribution in [1.29, 1.82) is 0 Å². The number of halogens is 1. The normalized spacial score (nSPS) is 11.4. The maximum atomic E-state index is 6.18. The maximum absolute atomic E-state index is 6.18. The molecule has 3 heteroatoms. The standard InChI is InChI=1S/C19H15ClN2/c1-2-14-11-16-15-10-13(20)8-9-17(15)22-19(16)18(21-14)12-6-4-3-5-7-12/h3-11,22H,2H2,1H3. The predicted octanol–water partition coefficient (Wildman–Crippen LogP) is 5.60. The number of nitrogens with one attached hydrogen (secondary N) is 1. The zero-order valence-corrected chi connectivity index (χ0v) is 13.0. The number of H-pyrrole nitrogens is 1. The van der Waals surface area contributed by atoms with Gasteiger partial charge in [0.25, 0.3) is 0 Å². The van der Waals surface area contributed by atoms with E-state index < -0.39 is 0 Å². The smallest absolute Gasteiger partial charge is 0.0946 e. The van der Waals surface area contributed by atoms with Gasteiger partial charge in [0.1, 0.15) is 0 Å². The number of hydrogen-bond donors (Lipinski definition) is 1. The molecule has 2 aromatic carbocycles. The minimum absolute atomic E-state index is 0.754. The third kappa shape index (κ3) is 2.08. The minimum atomic E-state index is 0.754. The molecule has 22 heavy (non-hydrogen) atoms. The van der Waals surface area contributed by atoms with E-state index in [-0.39, 0.29) is 0 Å². The van der Waals surface area contributed by atoms with Gasteiger partial charge in [-0.25, -0.2) is 0 Å². The number of benzene rings is 2. The Morgan fingerprint density at radius 1 is 1.00 bits per heavy atom. The van der Waals surface area contributed by atoms with Gasteiger partial charge in [-0.2, -0.15) is 0 Å². The summed E-state index contributed by atoms with van der Waals surface area (Å²) in [6.07, 6.45) is 0.906. The van der Waals surface area contributed by atoms with Gasteiger partial charge < -0.3 is 4.98 Å². The number of nitrogens with zero attached hydrogens (tertiary/aromatic N) is 1. The quantitative estimate of drug-likeness (QED) is 0.513. The van der Waals surface area contributed by atoms with Crippen LogP contribution in [0.5, 0.6) is 0 Å². The Balaban J connectivity index is 2.14. The second-order valence-electron chi connectivity index (χ2n) is 5.42. The lowest BCUT2D eigenvalue weighted by atomic mass is 10.1. The molecule has 4 aromatic rings. The summed E-state index contributed by atoms with van der Waals surface area (Å²) in [5.41, 5.74) is 5.38. The number of aromatic nitrogens is 2. The average Bonchev–Trinajstić information content (AvgIpc) is 2.92. The third-order valence-electron chi connectivity index (χ3n) is 4.01. The number of hydrogen-bond acceptors (Lipinski definition) is 1. The van der Waals surface area contributed by atoms with Crippen LogP contribution in [0.1, 0.15) is 12.6 Å². The van der Waals surface area contributed by atoms with Crippen molar-refractivity contribution in [3.8, 4) is 11.3 Å². The van der Waals surface area contributed by atoms with Crippen LogP contribution in [-0.2, 0) is 6.42 Å². The molecule has 0 aliphatic carbocycles. The summed E-state index contributed by atoms with van der Waals surface area (Å²) in [6, 6.07) is 18.4. The predicted molar refractivity (Wildman–Crippen MR) is 93.4 cm³/mol. The fourth-order valence-electron chi connectivity index (χ4n) is 2.91. The summed E-state index contributed by atoms with van der Waals surface area (Å²) < 4.78 is 0. The van der Waals surface area contributed by atoms with E-state index >= 15 is 0 Å². The molecular weight excluding hydrogens is 292 g/mol. The van der Waals surface area contributed by atoms with E-state index in [1.165, 1.54) is 5.39 Å². The molecule has 0 unspecified atom stereocenters. The second kappa shape index (κ2) is 5.15. The van der Waals surface area contributed by atoms with E-state index in [1.54, 1.807) is 0 Å². The molecule has 2 nitrogen and oxygen atoms in total. The SMILES string of the molecule is CCc1cc2c([nH]c3ccc(Cl)cc32)c(-c2ccccc2)n1. The summed E-state index contributed by atoms with van der Waals surface area (Å²) in [4.78, 5) is 8.35. The Labute approximate surface area is 133 Å². The molecule has 0 saturated heterocycles. The molecule has 0 atom stereocenters. The second-order valence-corrected chi connectivity index (χ2v) is 5.86. The molecule has 4 rings (SSSR count). The van der Waals surface area contributed by atoms with Crippen molar-refractivity contribution in [2.24, 2.45) is 0 Å². The van der Waals surface area contributed by atoms with Gasteiger partial charge in [-0.15, -0.1) is 0 Å². The zero-order chi connectivity index (χ0) is 15.1. The number of aryl methyl sites for hydroxylation is 1. The van der Waals surface area contributed by atoms with Gasteiger partial charge >= 0.3 is 0 Å². The molecular formula is C19H15ClN2. The number of fused-ring (bicyclic) bond motifs is 3.